The molecule has 0 amide bonds. The Balaban J connectivity index is 2.29. The Bertz CT molecular complexity index is 1040. The Labute approximate surface area is 157 Å². The van der Waals surface area contributed by atoms with E-state index >= 15 is 0 Å². The molecule has 3 rings (SSSR count). The Kier molecular flexibility index (Phi) is 5.60. The van der Waals surface area contributed by atoms with E-state index in [9.17, 15) is 9.59 Å². The highest BCUT2D eigenvalue weighted by Gasteiger charge is 2.19. The third kappa shape index (κ3) is 3.73. The molecule has 0 aliphatic rings. The minimum atomic E-state index is -0.353. The molecule has 0 saturated carbocycles. The zero-order valence-electron chi connectivity index (χ0n) is 16.3. The summed E-state index contributed by atoms with van der Waals surface area (Å²) < 4.78 is 9.75. The first-order valence-electron chi connectivity index (χ1n) is 9.20. The normalized spacial score (nSPS) is 11.6. The van der Waals surface area contributed by atoms with Gasteiger partial charge < -0.3 is 9.30 Å². The van der Waals surface area contributed by atoms with Crippen LogP contribution < -0.4 is 11.2 Å². The highest BCUT2D eigenvalue weighted by Crippen LogP contribution is 2.14. The van der Waals surface area contributed by atoms with Gasteiger partial charge in [-0.05, 0) is 31.4 Å². The van der Waals surface area contributed by atoms with Gasteiger partial charge in [-0.25, -0.2) is 14.3 Å². The van der Waals surface area contributed by atoms with E-state index in [0.29, 0.717) is 42.5 Å². The SMILES string of the molecule is COCCn1cnc2c1c(=O)n(CCC(C)C)c(=O)n2-c1ccc(C)cc1. The van der Waals surface area contributed by atoms with Crippen molar-refractivity contribution >= 4 is 11.2 Å². The van der Waals surface area contributed by atoms with Gasteiger partial charge in [0, 0.05) is 20.2 Å². The Morgan fingerprint density at radius 1 is 1.11 bits per heavy atom. The molecule has 7 heteroatoms. The molecule has 2 heterocycles. The smallest absolute Gasteiger partial charge is 0.337 e. The molecule has 0 unspecified atom stereocenters. The molecular weight excluding hydrogens is 344 g/mol. The molecule has 3 aromatic rings. The maximum absolute atomic E-state index is 13.2. The van der Waals surface area contributed by atoms with E-state index in [4.69, 9.17) is 4.74 Å². The molecule has 0 bridgehead atoms. The summed E-state index contributed by atoms with van der Waals surface area (Å²) in [5, 5.41) is 0. The molecule has 27 heavy (non-hydrogen) atoms. The number of aryl methyl sites for hydroxylation is 1. The lowest BCUT2D eigenvalue weighted by Gasteiger charge is -2.13. The average molecular weight is 370 g/mol. The van der Waals surface area contributed by atoms with Crippen LogP contribution in [0.3, 0.4) is 0 Å². The van der Waals surface area contributed by atoms with Crippen LogP contribution in [0.25, 0.3) is 16.9 Å². The number of hydrogen-bond acceptors (Lipinski definition) is 4. The molecule has 0 saturated heterocycles. The van der Waals surface area contributed by atoms with Gasteiger partial charge in [0.1, 0.15) is 0 Å². The van der Waals surface area contributed by atoms with Crippen LogP contribution in [0.5, 0.6) is 0 Å². The van der Waals surface area contributed by atoms with Gasteiger partial charge in [0.05, 0.1) is 18.6 Å². The van der Waals surface area contributed by atoms with Crippen molar-refractivity contribution in [2.75, 3.05) is 13.7 Å². The summed E-state index contributed by atoms with van der Waals surface area (Å²) in [5.74, 6) is 0.387. The summed E-state index contributed by atoms with van der Waals surface area (Å²) >= 11 is 0. The molecule has 0 atom stereocenters. The second kappa shape index (κ2) is 7.92. The predicted molar refractivity (Wildman–Crippen MR) is 106 cm³/mol. The van der Waals surface area contributed by atoms with E-state index in [-0.39, 0.29) is 11.2 Å². The minimum absolute atomic E-state index is 0.299. The first kappa shape index (κ1) is 19.1. The predicted octanol–water partition coefficient (Wildman–Crippen LogP) is 2.35. The Morgan fingerprint density at radius 3 is 2.44 bits per heavy atom. The van der Waals surface area contributed by atoms with Crippen molar-refractivity contribution in [1.29, 1.82) is 0 Å². The Hall–Kier alpha value is -2.67. The van der Waals surface area contributed by atoms with E-state index in [1.165, 1.54) is 9.13 Å². The van der Waals surface area contributed by atoms with Crippen molar-refractivity contribution in [1.82, 2.24) is 18.7 Å². The summed E-state index contributed by atoms with van der Waals surface area (Å²) in [6, 6.07) is 7.64. The largest absolute Gasteiger partial charge is 0.383 e. The molecule has 1 aromatic carbocycles. The molecule has 2 aromatic heterocycles. The Morgan fingerprint density at radius 2 is 1.81 bits per heavy atom. The number of imidazole rings is 1. The third-order valence-corrected chi connectivity index (χ3v) is 4.66. The molecule has 144 valence electrons. The van der Waals surface area contributed by atoms with Gasteiger partial charge in [-0.15, -0.1) is 0 Å². The molecule has 0 spiro atoms. The van der Waals surface area contributed by atoms with Gasteiger partial charge in [-0.1, -0.05) is 31.5 Å². The van der Waals surface area contributed by atoms with Crippen molar-refractivity contribution in [3.8, 4) is 5.69 Å². The van der Waals surface area contributed by atoms with Crippen molar-refractivity contribution in [2.24, 2.45) is 5.92 Å². The van der Waals surface area contributed by atoms with Crippen LogP contribution in [0.15, 0.2) is 40.2 Å². The van der Waals surface area contributed by atoms with Gasteiger partial charge in [-0.2, -0.15) is 0 Å². The maximum Gasteiger partial charge on any atom is 0.337 e. The molecule has 0 aliphatic heterocycles. The fourth-order valence-electron chi connectivity index (χ4n) is 3.05. The second-order valence-corrected chi connectivity index (χ2v) is 7.20. The minimum Gasteiger partial charge on any atom is -0.383 e. The van der Waals surface area contributed by atoms with E-state index < -0.39 is 0 Å². The third-order valence-electron chi connectivity index (χ3n) is 4.66. The van der Waals surface area contributed by atoms with Crippen molar-refractivity contribution in [3.63, 3.8) is 0 Å². The zero-order chi connectivity index (χ0) is 19.6. The van der Waals surface area contributed by atoms with Crippen LogP contribution in [-0.4, -0.2) is 32.4 Å². The zero-order valence-corrected chi connectivity index (χ0v) is 16.3. The number of rotatable bonds is 7. The fraction of sp³-hybridized carbons (Fsp3) is 0.450. The lowest BCUT2D eigenvalue weighted by Crippen LogP contribution is -2.40. The number of nitrogens with zero attached hydrogens (tertiary/aromatic N) is 4. The topological polar surface area (TPSA) is 71.1 Å². The summed E-state index contributed by atoms with van der Waals surface area (Å²) in [7, 11) is 1.61. The highest BCUT2D eigenvalue weighted by atomic mass is 16.5. The summed E-state index contributed by atoms with van der Waals surface area (Å²) in [4.78, 5) is 30.7. The highest BCUT2D eigenvalue weighted by molar-refractivity contribution is 5.72. The number of hydrogen-bond donors (Lipinski definition) is 0. The molecule has 0 N–H and O–H groups in total. The molecule has 0 fully saturated rings. The van der Waals surface area contributed by atoms with E-state index in [1.54, 1.807) is 18.0 Å². The monoisotopic (exact) mass is 370 g/mol. The lowest BCUT2D eigenvalue weighted by molar-refractivity contribution is 0.188. The van der Waals surface area contributed by atoms with E-state index in [1.807, 2.05) is 31.2 Å². The van der Waals surface area contributed by atoms with Crippen LogP contribution in [0.4, 0.5) is 0 Å². The first-order valence-corrected chi connectivity index (χ1v) is 9.20. The molecule has 0 radical (unpaired) electrons. The standard InChI is InChI=1S/C20H26N4O3/c1-14(2)9-10-23-19(25)17-18(21-13-22(17)11-12-27-4)24(20(23)26)16-7-5-15(3)6-8-16/h5-8,13-14H,9-12H2,1-4H3. The summed E-state index contributed by atoms with van der Waals surface area (Å²) in [6.07, 6.45) is 2.35. The van der Waals surface area contributed by atoms with Crippen LogP contribution in [0, 0.1) is 12.8 Å². The van der Waals surface area contributed by atoms with E-state index in [2.05, 4.69) is 18.8 Å². The van der Waals surface area contributed by atoms with Gasteiger partial charge >= 0.3 is 5.69 Å². The van der Waals surface area contributed by atoms with Crippen molar-refractivity contribution < 1.29 is 4.74 Å². The fourth-order valence-corrected chi connectivity index (χ4v) is 3.05. The summed E-state index contributed by atoms with van der Waals surface area (Å²) in [5.41, 5.74) is 1.95. The van der Waals surface area contributed by atoms with Gasteiger partial charge in [0.15, 0.2) is 11.2 Å². The first-order chi connectivity index (χ1) is 12.9. The molecular formula is C20H26N4O3. The quantitative estimate of drug-likeness (QED) is 0.640. The molecule has 7 nitrogen and oxygen atoms in total. The van der Waals surface area contributed by atoms with E-state index in [0.717, 1.165) is 12.0 Å². The van der Waals surface area contributed by atoms with Crippen molar-refractivity contribution in [3.05, 3.63) is 57.0 Å². The maximum atomic E-state index is 13.2. The van der Waals surface area contributed by atoms with Gasteiger partial charge in [0.25, 0.3) is 5.56 Å². The van der Waals surface area contributed by atoms with Gasteiger partial charge in [0.2, 0.25) is 0 Å². The number of methoxy groups -OCH3 is 1. The van der Waals surface area contributed by atoms with Crippen LogP contribution >= 0.6 is 0 Å². The lowest BCUT2D eigenvalue weighted by atomic mass is 10.1. The summed E-state index contributed by atoms with van der Waals surface area (Å²) in [6.45, 7) is 7.48. The number of ether oxygens (including phenoxy) is 1. The van der Waals surface area contributed by atoms with Crippen LogP contribution in [0.1, 0.15) is 25.8 Å². The van der Waals surface area contributed by atoms with Crippen molar-refractivity contribution in [2.45, 2.75) is 40.3 Å². The van der Waals surface area contributed by atoms with Gasteiger partial charge in [-0.3, -0.25) is 9.36 Å². The average Bonchev–Trinajstić information content (AvgIpc) is 3.05. The number of fused-ring (bicyclic) bond motifs is 1. The number of aromatic nitrogens is 4. The van der Waals surface area contributed by atoms with Crippen LogP contribution in [-0.2, 0) is 17.8 Å². The van der Waals surface area contributed by atoms with Crippen LogP contribution in [0.2, 0.25) is 0 Å². The second-order valence-electron chi connectivity index (χ2n) is 7.20. The number of benzene rings is 1. The molecule has 0 aliphatic carbocycles.